The van der Waals surface area contributed by atoms with Crippen molar-refractivity contribution in [2.45, 2.75) is 56.2 Å². The molecule has 3 N–H and O–H groups in total. The summed E-state index contributed by atoms with van der Waals surface area (Å²) < 4.78 is 5.64. The standard InChI is InChI=1S/C27H30N2O6/c30-18-13-24(26(32)33)29(14-18)25(31)16-6-5-7-17(12-16)28-27(34)35-15-23-21-10-3-1-8-19(21)20-9-2-4-11-22(20)23/h1-4,8-11,16-18,23-24,30H,5-7,12-15H2,(H,28,34)(H,32,33)/t16-,17+,18+,24-/m0/s1. The molecule has 5 rings (SSSR count). The number of likely N-dealkylation sites (tertiary alicyclic amines) is 1. The summed E-state index contributed by atoms with van der Waals surface area (Å²) in [6, 6.07) is 15.1. The van der Waals surface area contributed by atoms with E-state index in [0.717, 1.165) is 35.1 Å². The minimum absolute atomic E-state index is 0.0246. The van der Waals surface area contributed by atoms with Crippen molar-refractivity contribution in [3.05, 3.63) is 59.7 Å². The quantitative estimate of drug-likeness (QED) is 0.608. The summed E-state index contributed by atoms with van der Waals surface area (Å²) in [5.41, 5.74) is 4.62. The van der Waals surface area contributed by atoms with Gasteiger partial charge in [0.05, 0.1) is 6.10 Å². The zero-order chi connectivity index (χ0) is 24.5. The van der Waals surface area contributed by atoms with Crippen LogP contribution in [-0.2, 0) is 14.3 Å². The van der Waals surface area contributed by atoms with Gasteiger partial charge in [0.15, 0.2) is 0 Å². The van der Waals surface area contributed by atoms with Crippen LogP contribution in [-0.4, -0.2) is 64.4 Å². The molecule has 0 spiro atoms. The van der Waals surface area contributed by atoms with Crippen LogP contribution in [0, 0.1) is 5.92 Å². The molecule has 2 aliphatic carbocycles. The van der Waals surface area contributed by atoms with Crippen LogP contribution in [0.25, 0.3) is 11.1 Å². The van der Waals surface area contributed by atoms with Crippen LogP contribution in [0.4, 0.5) is 4.79 Å². The Morgan fingerprint density at radius 2 is 1.63 bits per heavy atom. The van der Waals surface area contributed by atoms with Crippen LogP contribution in [0.15, 0.2) is 48.5 Å². The molecular weight excluding hydrogens is 448 g/mol. The van der Waals surface area contributed by atoms with Crippen LogP contribution in [0.1, 0.15) is 49.1 Å². The van der Waals surface area contributed by atoms with Crippen molar-refractivity contribution in [2.24, 2.45) is 5.92 Å². The number of aliphatic hydroxyl groups excluding tert-OH is 1. The molecule has 4 atom stereocenters. The molecule has 0 aromatic heterocycles. The van der Waals surface area contributed by atoms with Gasteiger partial charge in [0.25, 0.3) is 0 Å². The number of aliphatic hydroxyl groups is 1. The molecule has 1 heterocycles. The Morgan fingerprint density at radius 3 is 2.29 bits per heavy atom. The smallest absolute Gasteiger partial charge is 0.407 e. The van der Waals surface area contributed by atoms with Crippen molar-refractivity contribution < 1.29 is 29.3 Å². The summed E-state index contributed by atoms with van der Waals surface area (Å²) in [6.07, 6.45) is 1.28. The van der Waals surface area contributed by atoms with Crippen LogP contribution in [0.5, 0.6) is 0 Å². The number of aliphatic carboxylic acids is 1. The van der Waals surface area contributed by atoms with Crippen LogP contribution >= 0.6 is 0 Å². The lowest BCUT2D eigenvalue weighted by Crippen LogP contribution is -2.47. The first-order valence-electron chi connectivity index (χ1n) is 12.2. The van der Waals surface area contributed by atoms with Gasteiger partial charge < -0.3 is 25.2 Å². The third-order valence-electron chi connectivity index (χ3n) is 7.54. The number of carboxylic acids is 1. The van der Waals surface area contributed by atoms with Crippen molar-refractivity contribution >= 4 is 18.0 Å². The lowest BCUT2D eigenvalue weighted by molar-refractivity contribution is -0.150. The maximum absolute atomic E-state index is 13.0. The summed E-state index contributed by atoms with van der Waals surface area (Å²) in [5, 5.41) is 22.2. The van der Waals surface area contributed by atoms with Gasteiger partial charge in [-0.1, -0.05) is 55.0 Å². The number of hydrogen-bond donors (Lipinski definition) is 3. The number of carbonyl (C=O) groups excluding carboxylic acids is 2. The van der Waals surface area contributed by atoms with Crippen molar-refractivity contribution in [1.29, 1.82) is 0 Å². The van der Waals surface area contributed by atoms with E-state index in [1.54, 1.807) is 0 Å². The normalized spacial score (nSPS) is 25.6. The van der Waals surface area contributed by atoms with Crippen molar-refractivity contribution in [1.82, 2.24) is 10.2 Å². The average Bonchev–Trinajstić information content (AvgIpc) is 3.41. The summed E-state index contributed by atoms with van der Waals surface area (Å²) in [7, 11) is 0. The largest absolute Gasteiger partial charge is 0.480 e. The van der Waals surface area contributed by atoms with E-state index in [0.29, 0.717) is 12.8 Å². The van der Waals surface area contributed by atoms with E-state index in [-0.39, 0.29) is 43.4 Å². The van der Waals surface area contributed by atoms with Crippen molar-refractivity contribution in [3.8, 4) is 11.1 Å². The number of carbonyl (C=O) groups is 3. The maximum Gasteiger partial charge on any atom is 0.407 e. The highest BCUT2D eigenvalue weighted by atomic mass is 16.5. The van der Waals surface area contributed by atoms with Gasteiger partial charge in [-0.15, -0.1) is 0 Å². The number of β-amino-alcohol motifs (C(OH)–C–C–N with tert-alkyl or cyclic N) is 1. The number of alkyl carbamates (subject to hydrolysis) is 1. The van der Waals surface area contributed by atoms with E-state index in [1.165, 1.54) is 4.90 Å². The summed E-state index contributed by atoms with van der Waals surface area (Å²) in [6.45, 7) is 0.262. The molecule has 1 aliphatic heterocycles. The zero-order valence-electron chi connectivity index (χ0n) is 19.4. The van der Waals surface area contributed by atoms with Crippen LogP contribution < -0.4 is 5.32 Å². The predicted octanol–water partition coefficient (Wildman–Crippen LogP) is 3.13. The highest BCUT2D eigenvalue weighted by Gasteiger charge is 2.42. The van der Waals surface area contributed by atoms with E-state index >= 15 is 0 Å². The number of nitrogens with one attached hydrogen (secondary N) is 1. The van der Waals surface area contributed by atoms with Crippen LogP contribution in [0.2, 0.25) is 0 Å². The number of nitrogens with zero attached hydrogens (tertiary/aromatic N) is 1. The molecule has 8 heteroatoms. The molecule has 8 nitrogen and oxygen atoms in total. The number of hydrogen-bond acceptors (Lipinski definition) is 5. The SMILES string of the molecule is O=C(N[C@@H]1CCC[C@H](C(=O)N2C[C@H](O)C[C@H]2C(=O)O)C1)OCC1c2ccccc2-c2ccccc21. The van der Waals surface area contributed by atoms with Gasteiger partial charge in [0.1, 0.15) is 12.6 Å². The number of amides is 2. The maximum atomic E-state index is 13.0. The van der Waals surface area contributed by atoms with E-state index in [9.17, 15) is 24.6 Å². The molecule has 184 valence electrons. The molecule has 0 bridgehead atoms. The van der Waals surface area contributed by atoms with Crippen molar-refractivity contribution in [2.75, 3.05) is 13.2 Å². The number of fused-ring (bicyclic) bond motifs is 3. The topological polar surface area (TPSA) is 116 Å². The minimum atomic E-state index is -1.10. The Balaban J connectivity index is 1.18. The zero-order valence-corrected chi connectivity index (χ0v) is 19.4. The second-order valence-electron chi connectivity index (χ2n) is 9.76. The van der Waals surface area contributed by atoms with E-state index in [2.05, 4.69) is 29.6 Å². The molecule has 1 saturated heterocycles. The molecule has 3 aliphatic rings. The molecule has 35 heavy (non-hydrogen) atoms. The van der Waals surface area contributed by atoms with Crippen molar-refractivity contribution in [3.63, 3.8) is 0 Å². The number of rotatable bonds is 5. The highest BCUT2D eigenvalue weighted by molar-refractivity contribution is 5.86. The third-order valence-corrected chi connectivity index (χ3v) is 7.54. The predicted molar refractivity (Wildman–Crippen MR) is 128 cm³/mol. The Bertz CT molecular complexity index is 1090. The van der Waals surface area contributed by atoms with Gasteiger partial charge in [-0.3, -0.25) is 4.79 Å². The molecule has 0 radical (unpaired) electrons. The number of ether oxygens (including phenoxy) is 1. The lowest BCUT2D eigenvalue weighted by Gasteiger charge is -2.32. The summed E-state index contributed by atoms with van der Waals surface area (Å²) in [5.74, 6) is -1.76. The highest BCUT2D eigenvalue weighted by Crippen LogP contribution is 2.44. The summed E-state index contributed by atoms with van der Waals surface area (Å²) in [4.78, 5) is 38.5. The molecule has 2 aromatic carbocycles. The fourth-order valence-electron chi connectivity index (χ4n) is 5.88. The Hall–Kier alpha value is -3.39. The fraction of sp³-hybridized carbons (Fsp3) is 0.444. The molecular formula is C27H30N2O6. The Kier molecular flexibility index (Phi) is 6.47. The minimum Gasteiger partial charge on any atom is -0.480 e. The first kappa shape index (κ1) is 23.4. The van der Waals surface area contributed by atoms with Gasteiger partial charge in [-0.25, -0.2) is 9.59 Å². The van der Waals surface area contributed by atoms with Gasteiger partial charge in [-0.05, 0) is 41.5 Å². The fourth-order valence-corrected chi connectivity index (χ4v) is 5.88. The molecule has 2 fully saturated rings. The number of carboxylic acid groups (broad SMARTS) is 1. The van der Waals surface area contributed by atoms with Gasteiger partial charge >= 0.3 is 12.1 Å². The molecule has 1 saturated carbocycles. The number of benzene rings is 2. The van der Waals surface area contributed by atoms with E-state index in [4.69, 9.17) is 4.74 Å². The first-order valence-corrected chi connectivity index (χ1v) is 12.2. The van der Waals surface area contributed by atoms with Gasteiger partial charge in [0.2, 0.25) is 5.91 Å². The third kappa shape index (κ3) is 4.62. The molecule has 2 aromatic rings. The second-order valence-corrected chi connectivity index (χ2v) is 9.76. The average molecular weight is 479 g/mol. The van der Waals surface area contributed by atoms with E-state index in [1.807, 2.05) is 24.3 Å². The van der Waals surface area contributed by atoms with E-state index < -0.39 is 24.2 Å². The molecule has 2 amide bonds. The van der Waals surface area contributed by atoms with Gasteiger partial charge in [0, 0.05) is 30.8 Å². The first-order chi connectivity index (χ1) is 16.9. The second kappa shape index (κ2) is 9.70. The Labute approximate surface area is 203 Å². The van der Waals surface area contributed by atoms with Crippen LogP contribution in [0.3, 0.4) is 0 Å². The summed E-state index contributed by atoms with van der Waals surface area (Å²) >= 11 is 0. The monoisotopic (exact) mass is 478 g/mol. The lowest BCUT2D eigenvalue weighted by atomic mass is 9.84. The molecule has 0 unspecified atom stereocenters. The Morgan fingerprint density at radius 1 is 0.971 bits per heavy atom. The van der Waals surface area contributed by atoms with Gasteiger partial charge in [-0.2, -0.15) is 0 Å².